The minimum absolute atomic E-state index is 0.0166. The number of methoxy groups -OCH3 is 1. The molecule has 2 heteroatoms. The number of carbonyl (C=O) groups excluding carboxylic acids is 1. The molecule has 2 nitrogen and oxygen atoms in total. The molecule has 0 aliphatic rings. The van der Waals surface area contributed by atoms with E-state index in [2.05, 4.69) is 24.3 Å². The van der Waals surface area contributed by atoms with Crippen molar-refractivity contribution in [2.75, 3.05) is 7.11 Å². The largest absolute Gasteiger partial charge is 0.497 e. The smallest absolute Gasteiger partial charge is 0.185 e. The van der Waals surface area contributed by atoms with Gasteiger partial charge in [-0.05, 0) is 41.3 Å². The van der Waals surface area contributed by atoms with Crippen molar-refractivity contribution in [2.45, 2.75) is 6.42 Å². The second-order valence-electron chi connectivity index (χ2n) is 5.83. The summed E-state index contributed by atoms with van der Waals surface area (Å²) in [5.74, 6) is 0.884. The number of carbonyl (C=O) groups is 1. The Morgan fingerprint density at radius 3 is 2.04 bits per heavy atom. The van der Waals surface area contributed by atoms with Gasteiger partial charge in [-0.3, -0.25) is 4.79 Å². The van der Waals surface area contributed by atoms with Gasteiger partial charge >= 0.3 is 0 Å². The summed E-state index contributed by atoms with van der Waals surface area (Å²) in [6, 6.07) is 25.6. The van der Waals surface area contributed by atoms with Gasteiger partial charge in [-0.2, -0.15) is 0 Å². The Balaban J connectivity index is 1.63. The fourth-order valence-corrected chi connectivity index (χ4v) is 2.60. The monoisotopic (exact) mass is 328 g/mol. The van der Waals surface area contributed by atoms with Crippen molar-refractivity contribution in [2.24, 2.45) is 0 Å². The van der Waals surface area contributed by atoms with Crippen LogP contribution in [0.5, 0.6) is 5.75 Å². The molecular formula is C23H20O2. The average molecular weight is 328 g/mol. The summed E-state index contributed by atoms with van der Waals surface area (Å²) in [4.78, 5) is 12.1. The first-order chi connectivity index (χ1) is 12.2. The fourth-order valence-electron chi connectivity index (χ4n) is 2.60. The first-order valence-corrected chi connectivity index (χ1v) is 8.24. The molecule has 0 heterocycles. The van der Waals surface area contributed by atoms with Crippen molar-refractivity contribution in [3.63, 3.8) is 0 Å². The molecule has 124 valence electrons. The Bertz CT molecular complexity index is 845. The van der Waals surface area contributed by atoms with Crippen molar-refractivity contribution in [1.82, 2.24) is 0 Å². The van der Waals surface area contributed by atoms with E-state index in [-0.39, 0.29) is 5.78 Å². The van der Waals surface area contributed by atoms with Crippen molar-refractivity contribution >= 4 is 11.9 Å². The van der Waals surface area contributed by atoms with Crippen LogP contribution in [0.25, 0.3) is 6.08 Å². The van der Waals surface area contributed by atoms with Crippen LogP contribution in [-0.4, -0.2) is 12.9 Å². The van der Waals surface area contributed by atoms with Crippen LogP contribution >= 0.6 is 0 Å². The molecular weight excluding hydrogens is 308 g/mol. The van der Waals surface area contributed by atoms with Crippen LogP contribution in [-0.2, 0) is 6.42 Å². The van der Waals surface area contributed by atoms with E-state index in [1.54, 1.807) is 13.2 Å². The third-order valence-electron chi connectivity index (χ3n) is 4.03. The van der Waals surface area contributed by atoms with E-state index in [4.69, 9.17) is 4.74 Å². The number of hydrogen-bond acceptors (Lipinski definition) is 2. The zero-order chi connectivity index (χ0) is 17.5. The standard InChI is InChI=1S/C23H20O2/c1-25-22-14-11-20(12-15-22)17-19-9-7-18(8-10-19)13-16-23(24)21-5-3-2-4-6-21/h2-16H,17H2,1H3/b16-13+. The Hall–Kier alpha value is -3.13. The summed E-state index contributed by atoms with van der Waals surface area (Å²) in [7, 11) is 1.67. The Kier molecular flexibility index (Phi) is 5.43. The molecule has 3 aromatic rings. The zero-order valence-electron chi connectivity index (χ0n) is 14.2. The van der Waals surface area contributed by atoms with Crippen LogP contribution in [0, 0.1) is 0 Å². The Morgan fingerprint density at radius 1 is 0.840 bits per heavy atom. The number of benzene rings is 3. The van der Waals surface area contributed by atoms with Gasteiger partial charge in [0.2, 0.25) is 0 Å². The van der Waals surface area contributed by atoms with Crippen LogP contribution in [0.3, 0.4) is 0 Å². The van der Waals surface area contributed by atoms with E-state index in [1.165, 1.54) is 11.1 Å². The summed E-state index contributed by atoms with van der Waals surface area (Å²) in [5, 5.41) is 0. The third-order valence-corrected chi connectivity index (χ3v) is 4.03. The lowest BCUT2D eigenvalue weighted by Crippen LogP contribution is -1.93. The van der Waals surface area contributed by atoms with Gasteiger partial charge in [0, 0.05) is 5.56 Å². The molecule has 0 amide bonds. The van der Waals surface area contributed by atoms with E-state index in [0.29, 0.717) is 5.56 Å². The molecule has 0 aliphatic carbocycles. The molecule has 0 unspecified atom stereocenters. The summed E-state index contributed by atoms with van der Waals surface area (Å²) >= 11 is 0. The fraction of sp³-hybridized carbons (Fsp3) is 0.0870. The van der Waals surface area contributed by atoms with E-state index >= 15 is 0 Å². The van der Waals surface area contributed by atoms with Gasteiger partial charge in [-0.25, -0.2) is 0 Å². The maximum Gasteiger partial charge on any atom is 0.185 e. The van der Waals surface area contributed by atoms with E-state index < -0.39 is 0 Å². The first-order valence-electron chi connectivity index (χ1n) is 8.24. The van der Waals surface area contributed by atoms with Crippen molar-refractivity contribution < 1.29 is 9.53 Å². The highest BCUT2D eigenvalue weighted by molar-refractivity contribution is 6.06. The Morgan fingerprint density at radius 2 is 1.44 bits per heavy atom. The molecule has 25 heavy (non-hydrogen) atoms. The highest BCUT2D eigenvalue weighted by Gasteiger charge is 2.00. The highest BCUT2D eigenvalue weighted by atomic mass is 16.5. The Labute approximate surface area is 148 Å². The van der Waals surface area contributed by atoms with Gasteiger partial charge in [0.05, 0.1) is 7.11 Å². The van der Waals surface area contributed by atoms with Gasteiger partial charge < -0.3 is 4.74 Å². The molecule has 3 aromatic carbocycles. The van der Waals surface area contributed by atoms with Gasteiger partial charge in [-0.15, -0.1) is 0 Å². The quantitative estimate of drug-likeness (QED) is 0.460. The minimum Gasteiger partial charge on any atom is -0.497 e. The molecule has 0 saturated heterocycles. The minimum atomic E-state index is 0.0166. The molecule has 0 atom stereocenters. The summed E-state index contributed by atoms with van der Waals surface area (Å²) in [5.41, 5.74) is 4.19. The molecule has 0 N–H and O–H groups in total. The maximum atomic E-state index is 12.1. The lowest BCUT2D eigenvalue weighted by Gasteiger charge is -2.04. The number of ether oxygens (including phenoxy) is 1. The van der Waals surface area contributed by atoms with Crippen molar-refractivity contribution in [1.29, 1.82) is 0 Å². The number of rotatable bonds is 6. The van der Waals surface area contributed by atoms with Crippen LogP contribution in [0.1, 0.15) is 27.0 Å². The number of allylic oxidation sites excluding steroid dienone is 1. The number of hydrogen-bond donors (Lipinski definition) is 0. The van der Waals surface area contributed by atoms with Crippen molar-refractivity contribution in [3.8, 4) is 5.75 Å². The second-order valence-corrected chi connectivity index (χ2v) is 5.83. The summed E-state index contributed by atoms with van der Waals surface area (Å²) < 4.78 is 5.18. The van der Waals surface area contributed by atoms with E-state index in [0.717, 1.165) is 17.7 Å². The number of ketones is 1. The molecule has 3 rings (SSSR count). The van der Waals surface area contributed by atoms with E-state index in [9.17, 15) is 4.79 Å². The molecule has 0 spiro atoms. The van der Waals surface area contributed by atoms with Crippen LogP contribution < -0.4 is 4.74 Å². The highest BCUT2D eigenvalue weighted by Crippen LogP contribution is 2.16. The van der Waals surface area contributed by atoms with Crippen molar-refractivity contribution in [3.05, 3.63) is 107 Å². The zero-order valence-corrected chi connectivity index (χ0v) is 14.2. The van der Waals surface area contributed by atoms with Gasteiger partial charge in [0.25, 0.3) is 0 Å². The van der Waals surface area contributed by atoms with Crippen LogP contribution in [0.2, 0.25) is 0 Å². The van der Waals surface area contributed by atoms with Gasteiger partial charge in [0.15, 0.2) is 5.78 Å². The predicted octanol–water partition coefficient (Wildman–Crippen LogP) is 5.18. The lowest BCUT2D eigenvalue weighted by atomic mass is 10.0. The molecule has 0 saturated carbocycles. The van der Waals surface area contributed by atoms with Gasteiger partial charge in [-0.1, -0.05) is 72.8 Å². The molecule has 0 aromatic heterocycles. The van der Waals surface area contributed by atoms with E-state index in [1.807, 2.05) is 60.7 Å². The topological polar surface area (TPSA) is 26.3 Å². The predicted molar refractivity (Wildman–Crippen MR) is 102 cm³/mol. The third kappa shape index (κ3) is 4.67. The molecule has 0 fully saturated rings. The van der Waals surface area contributed by atoms with Gasteiger partial charge in [0.1, 0.15) is 5.75 Å². The SMILES string of the molecule is COc1ccc(Cc2ccc(/C=C/C(=O)c3ccccc3)cc2)cc1. The average Bonchev–Trinajstić information content (AvgIpc) is 2.68. The first kappa shape index (κ1) is 16.7. The normalized spacial score (nSPS) is 10.8. The van der Waals surface area contributed by atoms with Crippen LogP contribution in [0.4, 0.5) is 0 Å². The molecule has 0 bridgehead atoms. The summed E-state index contributed by atoms with van der Waals surface area (Å²) in [6.07, 6.45) is 4.34. The lowest BCUT2D eigenvalue weighted by molar-refractivity contribution is 0.104. The summed E-state index contributed by atoms with van der Waals surface area (Å²) in [6.45, 7) is 0. The molecule has 0 radical (unpaired) electrons. The molecule has 0 aliphatic heterocycles. The maximum absolute atomic E-state index is 12.1. The second kappa shape index (κ2) is 8.11. The van der Waals surface area contributed by atoms with Crippen LogP contribution in [0.15, 0.2) is 84.9 Å².